The van der Waals surface area contributed by atoms with E-state index in [0.717, 1.165) is 32.5 Å². The van der Waals surface area contributed by atoms with Crippen molar-refractivity contribution in [2.24, 2.45) is 11.1 Å². The topological polar surface area (TPSA) is 67.1 Å². The Morgan fingerprint density at radius 3 is 2.79 bits per heavy atom. The zero-order chi connectivity index (χ0) is 13.9. The molecule has 0 unspecified atom stereocenters. The highest BCUT2D eigenvalue weighted by molar-refractivity contribution is 5.98. The molecule has 19 heavy (non-hydrogen) atoms. The smallest absolute Gasteiger partial charge is 0.250 e. The molecule has 1 aliphatic heterocycles. The molecule has 0 bridgehead atoms. The lowest BCUT2D eigenvalue weighted by Gasteiger charge is -2.34. The second-order valence-corrected chi connectivity index (χ2v) is 5.47. The van der Waals surface area contributed by atoms with E-state index >= 15 is 0 Å². The molecule has 4 N–H and O–H groups in total. The Kier molecular flexibility index (Phi) is 4.04. The van der Waals surface area contributed by atoms with E-state index in [9.17, 15) is 9.18 Å². The van der Waals surface area contributed by atoms with Crippen molar-refractivity contribution in [3.63, 3.8) is 0 Å². The highest BCUT2D eigenvalue weighted by Crippen LogP contribution is 2.29. The molecule has 104 valence electrons. The molecule has 0 aliphatic carbocycles. The number of benzene rings is 1. The summed E-state index contributed by atoms with van der Waals surface area (Å²) in [6, 6.07) is 4.08. The molecular weight excluding hydrogens is 245 g/mol. The van der Waals surface area contributed by atoms with Crippen molar-refractivity contribution < 1.29 is 9.18 Å². The van der Waals surface area contributed by atoms with Gasteiger partial charge in [-0.05, 0) is 49.5 Å². The number of rotatable bonds is 4. The van der Waals surface area contributed by atoms with Crippen molar-refractivity contribution in [2.75, 3.05) is 25.0 Å². The largest absolute Gasteiger partial charge is 0.384 e. The van der Waals surface area contributed by atoms with Gasteiger partial charge in [0.05, 0.1) is 5.56 Å². The van der Waals surface area contributed by atoms with Gasteiger partial charge in [0.2, 0.25) is 0 Å². The number of primary amides is 1. The number of anilines is 1. The summed E-state index contributed by atoms with van der Waals surface area (Å²) in [6.07, 6.45) is 2.15. The molecular formula is C14H20FN3O. The van der Waals surface area contributed by atoms with E-state index < -0.39 is 11.7 Å². The fraction of sp³-hybridized carbons (Fsp3) is 0.500. The van der Waals surface area contributed by atoms with E-state index in [0.29, 0.717) is 5.69 Å². The number of nitrogens with two attached hydrogens (primary N) is 1. The standard InChI is InChI=1S/C14H20FN3O/c1-14(4-6-17-7-5-14)9-18-12-3-2-10(15)8-11(12)13(16)19/h2-3,8,17-18H,4-7,9H2,1H3,(H2,16,19). The second kappa shape index (κ2) is 5.57. The van der Waals surface area contributed by atoms with Crippen LogP contribution in [0.1, 0.15) is 30.1 Å². The van der Waals surface area contributed by atoms with Gasteiger partial charge < -0.3 is 16.4 Å². The van der Waals surface area contributed by atoms with E-state index in [-0.39, 0.29) is 11.0 Å². The first-order valence-corrected chi connectivity index (χ1v) is 6.54. The van der Waals surface area contributed by atoms with Crippen LogP contribution >= 0.6 is 0 Å². The van der Waals surface area contributed by atoms with Gasteiger partial charge in [0, 0.05) is 12.2 Å². The fourth-order valence-electron chi connectivity index (χ4n) is 2.39. The lowest BCUT2D eigenvalue weighted by Crippen LogP contribution is -2.39. The normalized spacial score (nSPS) is 18.0. The Bertz CT molecular complexity index is 470. The second-order valence-electron chi connectivity index (χ2n) is 5.47. The van der Waals surface area contributed by atoms with Gasteiger partial charge in [-0.1, -0.05) is 6.92 Å². The predicted molar refractivity (Wildman–Crippen MR) is 73.6 cm³/mol. The zero-order valence-electron chi connectivity index (χ0n) is 11.1. The number of hydrogen-bond donors (Lipinski definition) is 3. The summed E-state index contributed by atoms with van der Waals surface area (Å²) in [7, 11) is 0. The monoisotopic (exact) mass is 265 g/mol. The number of hydrogen-bond acceptors (Lipinski definition) is 3. The number of carbonyl (C=O) groups is 1. The third-order valence-electron chi connectivity index (χ3n) is 3.76. The minimum absolute atomic E-state index is 0.189. The molecule has 0 aromatic heterocycles. The van der Waals surface area contributed by atoms with Crippen molar-refractivity contribution in [2.45, 2.75) is 19.8 Å². The van der Waals surface area contributed by atoms with Crippen LogP contribution in [0.5, 0.6) is 0 Å². The van der Waals surface area contributed by atoms with Crippen LogP contribution in [-0.4, -0.2) is 25.5 Å². The molecule has 5 heteroatoms. The van der Waals surface area contributed by atoms with Crippen LogP contribution in [-0.2, 0) is 0 Å². The van der Waals surface area contributed by atoms with Crippen molar-refractivity contribution in [1.29, 1.82) is 0 Å². The van der Waals surface area contributed by atoms with Crippen molar-refractivity contribution >= 4 is 11.6 Å². The Morgan fingerprint density at radius 2 is 2.16 bits per heavy atom. The van der Waals surface area contributed by atoms with Crippen LogP contribution in [0, 0.1) is 11.2 Å². The van der Waals surface area contributed by atoms with Crippen molar-refractivity contribution in [1.82, 2.24) is 5.32 Å². The van der Waals surface area contributed by atoms with E-state index in [1.807, 2.05) is 0 Å². The molecule has 0 radical (unpaired) electrons. The third-order valence-corrected chi connectivity index (χ3v) is 3.76. The Hall–Kier alpha value is -1.62. The van der Waals surface area contributed by atoms with Crippen LogP contribution in [0.15, 0.2) is 18.2 Å². The summed E-state index contributed by atoms with van der Waals surface area (Å²) in [6.45, 7) is 4.98. The summed E-state index contributed by atoms with van der Waals surface area (Å²) in [5.41, 5.74) is 6.27. The van der Waals surface area contributed by atoms with Crippen LogP contribution < -0.4 is 16.4 Å². The van der Waals surface area contributed by atoms with Crippen molar-refractivity contribution in [3.8, 4) is 0 Å². The van der Waals surface area contributed by atoms with E-state index in [1.54, 1.807) is 6.07 Å². The molecule has 1 fully saturated rings. The highest BCUT2D eigenvalue weighted by atomic mass is 19.1. The lowest BCUT2D eigenvalue weighted by atomic mass is 9.81. The van der Waals surface area contributed by atoms with Gasteiger partial charge in [-0.2, -0.15) is 0 Å². The van der Waals surface area contributed by atoms with E-state index in [2.05, 4.69) is 17.6 Å². The zero-order valence-corrected chi connectivity index (χ0v) is 11.1. The van der Waals surface area contributed by atoms with Gasteiger partial charge >= 0.3 is 0 Å². The predicted octanol–water partition coefficient (Wildman–Crippen LogP) is 1.73. The maximum absolute atomic E-state index is 13.1. The average molecular weight is 265 g/mol. The summed E-state index contributed by atoms with van der Waals surface area (Å²) in [4.78, 5) is 11.3. The Morgan fingerprint density at radius 1 is 1.47 bits per heavy atom. The fourth-order valence-corrected chi connectivity index (χ4v) is 2.39. The van der Waals surface area contributed by atoms with Gasteiger partial charge in [-0.3, -0.25) is 4.79 Å². The molecule has 1 aromatic carbocycles. The molecule has 1 amide bonds. The SMILES string of the molecule is CC1(CNc2ccc(F)cc2C(N)=O)CCNCC1. The third kappa shape index (κ3) is 3.44. The van der Waals surface area contributed by atoms with Gasteiger partial charge in [-0.25, -0.2) is 4.39 Å². The highest BCUT2D eigenvalue weighted by Gasteiger charge is 2.26. The molecule has 0 saturated carbocycles. The number of halogens is 1. The molecule has 4 nitrogen and oxygen atoms in total. The van der Waals surface area contributed by atoms with Gasteiger partial charge in [0.1, 0.15) is 5.82 Å². The summed E-state index contributed by atoms with van der Waals surface area (Å²) >= 11 is 0. The Balaban J connectivity index is 2.08. The van der Waals surface area contributed by atoms with Crippen LogP contribution in [0.25, 0.3) is 0 Å². The maximum atomic E-state index is 13.1. The number of piperidine rings is 1. The first-order valence-electron chi connectivity index (χ1n) is 6.54. The van der Waals surface area contributed by atoms with E-state index in [4.69, 9.17) is 5.73 Å². The van der Waals surface area contributed by atoms with Crippen molar-refractivity contribution in [3.05, 3.63) is 29.6 Å². The van der Waals surface area contributed by atoms with Gasteiger partial charge in [0.15, 0.2) is 0 Å². The van der Waals surface area contributed by atoms with Crippen LogP contribution in [0.4, 0.5) is 10.1 Å². The summed E-state index contributed by atoms with van der Waals surface area (Å²) < 4.78 is 13.1. The molecule has 2 rings (SSSR count). The lowest BCUT2D eigenvalue weighted by molar-refractivity contribution is 0.100. The first kappa shape index (κ1) is 13.8. The van der Waals surface area contributed by atoms with Gasteiger partial charge in [0.25, 0.3) is 5.91 Å². The Labute approximate surface area is 112 Å². The molecule has 1 aromatic rings. The maximum Gasteiger partial charge on any atom is 0.250 e. The quantitative estimate of drug-likeness (QED) is 0.776. The van der Waals surface area contributed by atoms with Gasteiger partial charge in [-0.15, -0.1) is 0 Å². The summed E-state index contributed by atoms with van der Waals surface area (Å²) in [5, 5.41) is 6.56. The molecule has 0 spiro atoms. The minimum atomic E-state index is -0.613. The molecule has 1 aliphatic rings. The minimum Gasteiger partial charge on any atom is -0.384 e. The molecule has 1 heterocycles. The number of carbonyl (C=O) groups excluding carboxylic acids is 1. The molecule has 1 saturated heterocycles. The first-order chi connectivity index (χ1) is 9.00. The number of nitrogens with one attached hydrogen (secondary N) is 2. The van der Waals surface area contributed by atoms with E-state index in [1.165, 1.54) is 12.1 Å². The number of amides is 1. The van der Waals surface area contributed by atoms with Crippen LogP contribution in [0.3, 0.4) is 0 Å². The summed E-state index contributed by atoms with van der Waals surface area (Å²) in [5.74, 6) is -1.06. The average Bonchev–Trinajstić information content (AvgIpc) is 2.38. The molecule has 0 atom stereocenters. The van der Waals surface area contributed by atoms with Crippen LogP contribution in [0.2, 0.25) is 0 Å².